The van der Waals surface area contributed by atoms with Crippen LogP contribution < -0.4 is 0 Å². The Morgan fingerprint density at radius 2 is 1.94 bits per heavy atom. The lowest BCUT2D eigenvalue weighted by Gasteiger charge is -2.12. The lowest BCUT2D eigenvalue weighted by Crippen LogP contribution is -2.02. The fourth-order valence-electron chi connectivity index (χ4n) is 1.81. The van der Waals surface area contributed by atoms with E-state index >= 15 is 0 Å². The minimum Gasteiger partial charge on any atom is -0.384 e. The van der Waals surface area contributed by atoms with Crippen molar-refractivity contribution in [2.24, 2.45) is 0 Å². The predicted octanol–water partition coefficient (Wildman–Crippen LogP) is 4.24. The number of aliphatic hydroxyl groups excluding tert-OH is 1. The van der Waals surface area contributed by atoms with Crippen LogP contribution in [0.4, 0.5) is 4.39 Å². The first-order chi connectivity index (χ1) is 7.99. The van der Waals surface area contributed by atoms with Crippen LogP contribution in [0.2, 0.25) is 5.02 Å². The molecule has 0 amide bonds. The zero-order valence-electron chi connectivity index (χ0n) is 9.50. The van der Waals surface area contributed by atoms with E-state index in [4.69, 9.17) is 11.6 Å². The van der Waals surface area contributed by atoms with Gasteiger partial charge in [-0.3, -0.25) is 0 Å². The molecule has 0 saturated heterocycles. The highest BCUT2D eigenvalue weighted by Gasteiger charge is 2.18. The van der Waals surface area contributed by atoms with Gasteiger partial charge in [0.25, 0.3) is 0 Å². The van der Waals surface area contributed by atoms with E-state index in [-0.39, 0.29) is 5.56 Å². The Bertz CT molecular complexity index is 550. The first-order valence-electron chi connectivity index (χ1n) is 5.19. The molecule has 0 radical (unpaired) electrons. The van der Waals surface area contributed by atoms with Gasteiger partial charge in [-0.25, -0.2) is 4.39 Å². The Morgan fingerprint density at radius 3 is 2.47 bits per heavy atom. The molecule has 0 aliphatic carbocycles. The van der Waals surface area contributed by atoms with Gasteiger partial charge in [0.1, 0.15) is 11.9 Å². The quantitative estimate of drug-likeness (QED) is 0.865. The summed E-state index contributed by atoms with van der Waals surface area (Å²) < 4.78 is 13.7. The Balaban J connectivity index is 2.43. The average molecular weight is 271 g/mol. The largest absolute Gasteiger partial charge is 0.384 e. The van der Waals surface area contributed by atoms with Gasteiger partial charge in [0.2, 0.25) is 0 Å². The fraction of sp³-hybridized carbons (Fsp3) is 0.231. The molecule has 0 aliphatic heterocycles. The molecule has 0 spiro atoms. The maximum atomic E-state index is 13.7. The molecule has 1 aromatic carbocycles. The molecule has 1 aromatic heterocycles. The Hall–Kier alpha value is -0.900. The number of aliphatic hydroxyl groups is 1. The van der Waals surface area contributed by atoms with Crippen molar-refractivity contribution >= 4 is 22.9 Å². The second kappa shape index (κ2) is 4.77. The highest BCUT2D eigenvalue weighted by atomic mass is 35.5. The van der Waals surface area contributed by atoms with Crippen molar-refractivity contribution in [3.8, 4) is 0 Å². The SMILES string of the molecule is Cc1cc(C(O)c2ccc(Cl)cc2F)c(C)s1. The summed E-state index contributed by atoms with van der Waals surface area (Å²) in [5, 5.41) is 10.5. The third kappa shape index (κ3) is 2.51. The number of halogens is 2. The highest BCUT2D eigenvalue weighted by Crippen LogP contribution is 2.32. The summed E-state index contributed by atoms with van der Waals surface area (Å²) in [6.45, 7) is 3.89. The van der Waals surface area contributed by atoms with Gasteiger partial charge in [-0.1, -0.05) is 17.7 Å². The van der Waals surface area contributed by atoms with E-state index in [1.54, 1.807) is 17.4 Å². The summed E-state index contributed by atoms with van der Waals surface area (Å²) in [4.78, 5) is 2.11. The molecule has 2 aromatic rings. The number of hydrogen-bond acceptors (Lipinski definition) is 2. The molecule has 4 heteroatoms. The molecule has 1 nitrogen and oxygen atoms in total. The van der Waals surface area contributed by atoms with Crippen LogP contribution in [-0.4, -0.2) is 5.11 Å². The summed E-state index contributed by atoms with van der Waals surface area (Å²) in [5.74, 6) is -0.478. The van der Waals surface area contributed by atoms with E-state index in [1.165, 1.54) is 12.1 Å². The number of thiophene rings is 1. The zero-order chi connectivity index (χ0) is 12.6. The molecule has 0 aliphatic rings. The van der Waals surface area contributed by atoms with Gasteiger partial charge in [0.05, 0.1) is 0 Å². The molecule has 17 heavy (non-hydrogen) atoms. The van der Waals surface area contributed by atoms with E-state index in [0.717, 1.165) is 15.3 Å². The third-order valence-electron chi connectivity index (χ3n) is 2.63. The van der Waals surface area contributed by atoms with Crippen LogP contribution in [0.15, 0.2) is 24.3 Å². The van der Waals surface area contributed by atoms with Crippen molar-refractivity contribution in [1.29, 1.82) is 0 Å². The summed E-state index contributed by atoms with van der Waals surface area (Å²) >= 11 is 7.28. The fourth-order valence-corrected chi connectivity index (χ4v) is 2.93. The highest BCUT2D eigenvalue weighted by molar-refractivity contribution is 7.12. The van der Waals surface area contributed by atoms with Crippen molar-refractivity contribution in [3.63, 3.8) is 0 Å². The van der Waals surface area contributed by atoms with Gasteiger partial charge in [-0.05, 0) is 37.6 Å². The number of aryl methyl sites for hydroxylation is 2. The first-order valence-corrected chi connectivity index (χ1v) is 6.38. The summed E-state index contributed by atoms with van der Waals surface area (Å²) in [5.41, 5.74) is 1.02. The van der Waals surface area contributed by atoms with E-state index < -0.39 is 11.9 Å². The van der Waals surface area contributed by atoms with Crippen molar-refractivity contribution < 1.29 is 9.50 Å². The molecule has 0 bridgehead atoms. The van der Waals surface area contributed by atoms with E-state index in [9.17, 15) is 9.50 Å². The van der Waals surface area contributed by atoms with Crippen LogP contribution in [-0.2, 0) is 0 Å². The third-order valence-corrected chi connectivity index (χ3v) is 3.85. The lowest BCUT2D eigenvalue weighted by molar-refractivity contribution is 0.215. The predicted molar refractivity (Wildman–Crippen MR) is 69.3 cm³/mol. The lowest BCUT2D eigenvalue weighted by atomic mass is 10.0. The Morgan fingerprint density at radius 1 is 1.24 bits per heavy atom. The van der Waals surface area contributed by atoms with Gasteiger partial charge >= 0.3 is 0 Å². The zero-order valence-corrected chi connectivity index (χ0v) is 11.1. The van der Waals surface area contributed by atoms with Gasteiger partial charge in [0, 0.05) is 20.3 Å². The van der Waals surface area contributed by atoms with E-state index in [0.29, 0.717) is 5.02 Å². The van der Waals surface area contributed by atoms with Crippen LogP contribution in [0, 0.1) is 19.7 Å². The Kier molecular flexibility index (Phi) is 3.52. The molecule has 1 atom stereocenters. The monoisotopic (exact) mass is 270 g/mol. The van der Waals surface area contributed by atoms with Crippen molar-refractivity contribution in [2.45, 2.75) is 20.0 Å². The molecule has 90 valence electrons. The minimum absolute atomic E-state index is 0.260. The summed E-state index contributed by atoms with van der Waals surface area (Å²) in [6, 6.07) is 6.21. The van der Waals surface area contributed by atoms with Gasteiger partial charge in [0.15, 0.2) is 0 Å². The number of hydrogen-bond donors (Lipinski definition) is 1. The standard InChI is InChI=1S/C13H12ClFOS/c1-7-5-11(8(2)17-7)13(16)10-4-3-9(14)6-12(10)15/h3-6,13,16H,1-2H3. The van der Waals surface area contributed by atoms with Crippen molar-refractivity contribution in [2.75, 3.05) is 0 Å². The molecular formula is C13H12ClFOS. The second-order valence-electron chi connectivity index (χ2n) is 3.94. The summed E-state index contributed by atoms with van der Waals surface area (Å²) in [6.07, 6.45) is -0.933. The molecule has 1 unspecified atom stereocenters. The number of rotatable bonds is 2. The molecule has 0 saturated carbocycles. The maximum Gasteiger partial charge on any atom is 0.130 e. The van der Waals surface area contributed by atoms with Crippen LogP contribution in [0.25, 0.3) is 0 Å². The van der Waals surface area contributed by atoms with Crippen LogP contribution in [0.5, 0.6) is 0 Å². The van der Waals surface area contributed by atoms with Crippen LogP contribution >= 0.6 is 22.9 Å². The van der Waals surface area contributed by atoms with Gasteiger partial charge in [-0.15, -0.1) is 11.3 Å². The molecule has 2 rings (SSSR count). The van der Waals surface area contributed by atoms with E-state index in [1.807, 2.05) is 19.9 Å². The van der Waals surface area contributed by atoms with Crippen molar-refractivity contribution in [1.82, 2.24) is 0 Å². The topological polar surface area (TPSA) is 20.2 Å². The second-order valence-corrected chi connectivity index (χ2v) is 5.83. The minimum atomic E-state index is -0.933. The first kappa shape index (κ1) is 12.6. The van der Waals surface area contributed by atoms with Crippen LogP contribution in [0.3, 0.4) is 0 Å². The molecular weight excluding hydrogens is 259 g/mol. The number of benzene rings is 1. The molecule has 0 fully saturated rings. The summed E-state index contributed by atoms with van der Waals surface area (Å²) in [7, 11) is 0. The van der Waals surface area contributed by atoms with Gasteiger partial charge in [-0.2, -0.15) is 0 Å². The normalized spacial score (nSPS) is 12.8. The molecule has 1 heterocycles. The van der Waals surface area contributed by atoms with Crippen LogP contribution in [0.1, 0.15) is 27.0 Å². The Labute approximate surface area is 108 Å². The average Bonchev–Trinajstić information content (AvgIpc) is 2.57. The van der Waals surface area contributed by atoms with Crippen molar-refractivity contribution in [3.05, 3.63) is 56.0 Å². The van der Waals surface area contributed by atoms with E-state index in [2.05, 4.69) is 0 Å². The molecule has 1 N–H and O–H groups in total. The smallest absolute Gasteiger partial charge is 0.130 e. The van der Waals surface area contributed by atoms with Gasteiger partial charge < -0.3 is 5.11 Å². The maximum absolute atomic E-state index is 13.7.